The molecule has 0 heterocycles. The Morgan fingerprint density at radius 1 is 0.571 bits per heavy atom. The highest BCUT2D eigenvalue weighted by molar-refractivity contribution is 14.0. The van der Waals surface area contributed by atoms with Gasteiger partial charge in [0.15, 0.2) is 22.9 Å². The van der Waals surface area contributed by atoms with Crippen molar-refractivity contribution in [1.29, 1.82) is 0 Å². The third kappa shape index (κ3) is 32.9. The Labute approximate surface area is 360 Å². The van der Waals surface area contributed by atoms with E-state index >= 15 is 0 Å². The van der Waals surface area contributed by atoms with Gasteiger partial charge in [0, 0.05) is 24.8 Å². The number of carbonyl (C=O) groups is 3. The summed E-state index contributed by atoms with van der Waals surface area (Å²) in [6.07, 6.45) is 23.8. The lowest BCUT2D eigenvalue weighted by molar-refractivity contribution is -0.936. The van der Waals surface area contributed by atoms with E-state index in [-0.39, 0.29) is 66.7 Å². The summed E-state index contributed by atoms with van der Waals surface area (Å²) in [6.45, 7) is 18.3. The Hall–Kier alpha value is -1.05. The number of halogens is 1. The number of rotatable bonds is 32. The minimum Gasteiger partial charge on any atom is -0.756 e. The number of hydrogen-bond donors (Lipinski definition) is 4. The van der Waals surface area contributed by atoms with Crippen LogP contribution in [0.4, 0.5) is 0 Å². The summed E-state index contributed by atoms with van der Waals surface area (Å²) in [6, 6.07) is 10.8. The summed E-state index contributed by atoms with van der Waals surface area (Å²) in [5, 5.41) is 0. The summed E-state index contributed by atoms with van der Waals surface area (Å²) in [5.41, 5.74) is 5.97. The Morgan fingerprint density at radius 2 is 0.821 bits per heavy atom. The second-order valence-electron chi connectivity index (χ2n) is 15.1. The molecule has 0 aliphatic heterocycles. The van der Waals surface area contributed by atoms with Crippen LogP contribution < -0.4 is 16.8 Å². The van der Waals surface area contributed by atoms with Gasteiger partial charge >= 0.3 is 0 Å². The highest BCUT2D eigenvalue weighted by atomic mass is 127. The van der Waals surface area contributed by atoms with Crippen LogP contribution in [0, 0.1) is 0 Å². The molecule has 0 bridgehead atoms. The van der Waals surface area contributed by atoms with Crippen LogP contribution >= 0.6 is 31.8 Å². The zero-order chi connectivity index (χ0) is 41.1. The largest absolute Gasteiger partial charge is 0.756 e. The monoisotopic (exact) mass is 928 g/mol. The molecular formula is C44H87IN3O7P. The molecule has 0 saturated carbocycles. The van der Waals surface area contributed by atoms with Crippen LogP contribution in [-0.2, 0) is 25.5 Å². The molecule has 1 aromatic rings. The summed E-state index contributed by atoms with van der Waals surface area (Å²) >= 11 is 0. The second-order valence-corrected chi connectivity index (χ2v) is 16.1. The number of phosphoric acid groups is 1. The molecule has 10 nitrogen and oxygen atoms in total. The van der Waals surface area contributed by atoms with Gasteiger partial charge in [-0.3, -0.25) is 18.9 Å². The van der Waals surface area contributed by atoms with Crippen LogP contribution in [0.15, 0.2) is 30.3 Å². The van der Waals surface area contributed by atoms with Crippen molar-refractivity contribution < 1.29 is 38.1 Å². The SMILES string of the molecule is CCCCCCCCCC(=O)C(N)(C(=O)CCCCCCCCC)C(=O)CCCCCCCCC.CC[N+](CC)(CC)Cc1ccccc1.I.N.O=P([O-])(O)O. The van der Waals surface area contributed by atoms with E-state index in [2.05, 4.69) is 71.9 Å². The van der Waals surface area contributed by atoms with Gasteiger partial charge in [0.1, 0.15) is 6.54 Å². The van der Waals surface area contributed by atoms with Gasteiger partial charge in [-0.2, -0.15) is 0 Å². The van der Waals surface area contributed by atoms with Gasteiger partial charge < -0.3 is 31.0 Å². The zero-order valence-electron chi connectivity index (χ0n) is 36.7. The molecule has 12 heteroatoms. The van der Waals surface area contributed by atoms with Gasteiger partial charge in [0.25, 0.3) is 7.82 Å². The van der Waals surface area contributed by atoms with Crippen LogP contribution in [0.5, 0.6) is 0 Å². The first-order chi connectivity index (χ1) is 25.7. The summed E-state index contributed by atoms with van der Waals surface area (Å²) in [7, 11) is -4.89. The number of benzene rings is 1. The maximum Gasteiger partial charge on any atom is 0.262 e. The molecule has 0 aliphatic carbocycles. The van der Waals surface area contributed by atoms with E-state index in [0.29, 0.717) is 0 Å². The highest BCUT2D eigenvalue weighted by Crippen LogP contribution is 2.21. The van der Waals surface area contributed by atoms with E-state index in [1.807, 2.05) is 0 Å². The number of ketones is 3. The van der Waals surface area contributed by atoms with Gasteiger partial charge in [-0.05, 0) is 40.0 Å². The van der Waals surface area contributed by atoms with Crippen molar-refractivity contribution >= 4 is 49.1 Å². The topological polar surface area (TPSA) is 193 Å². The van der Waals surface area contributed by atoms with E-state index in [1.165, 1.54) is 113 Å². The quantitative estimate of drug-likeness (QED) is 0.0179. The van der Waals surface area contributed by atoms with Crippen molar-refractivity contribution in [2.45, 2.75) is 208 Å². The van der Waals surface area contributed by atoms with Crippen LogP contribution in [-0.4, -0.2) is 56.8 Å². The fourth-order valence-corrected chi connectivity index (χ4v) is 6.76. The first-order valence-corrected chi connectivity index (χ1v) is 23.3. The zero-order valence-corrected chi connectivity index (χ0v) is 39.9. The van der Waals surface area contributed by atoms with E-state index in [9.17, 15) is 14.4 Å². The molecule has 0 saturated heterocycles. The third-order valence-corrected chi connectivity index (χ3v) is 10.7. The van der Waals surface area contributed by atoms with Crippen molar-refractivity contribution in [3.8, 4) is 0 Å². The summed E-state index contributed by atoms with van der Waals surface area (Å²) in [4.78, 5) is 62.3. The first-order valence-electron chi connectivity index (χ1n) is 21.7. The van der Waals surface area contributed by atoms with E-state index in [0.717, 1.165) is 57.8 Å². The van der Waals surface area contributed by atoms with E-state index in [1.54, 1.807) is 0 Å². The predicted molar refractivity (Wildman–Crippen MR) is 244 cm³/mol. The maximum absolute atomic E-state index is 13.1. The number of carbonyl (C=O) groups excluding carboxylic acids is 3. The predicted octanol–water partition coefficient (Wildman–Crippen LogP) is 11.1. The Morgan fingerprint density at radius 3 is 1.07 bits per heavy atom. The van der Waals surface area contributed by atoms with Crippen molar-refractivity contribution in [3.05, 3.63) is 35.9 Å². The number of quaternary nitrogens is 1. The molecule has 1 rings (SSSR count). The van der Waals surface area contributed by atoms with E-state index in [4.69, 9.17) is 25.0 Å². The average molecular weight is 928 g/mol. The highest BCUT2D eigenvalue weighted by Gasteiger charge is 2.46. The lowest BCUT2D eigenvalue weighted by Gasteiger charge is -2.35. The molecule has 0 atom stereocenters. The molecule has 7 N–H and O–H groups in total. The van der Waals surface area contributed by atoms with Crippen LogP contribution in [0.3, 0.4) is 0 Å². The lowest BCUT2D eigenvalue weighted by Crippen LogP contribution is -2.61. The molecule has 0 aliphatic rings. The van der Waals surface area contributed by atoms with Gasteiger partial charge in [-0.1, -0.05) is 167 Å². The number of hydrogen-bond acceptors (Lipinski definition) is 7. The number of Topliss-reactive ketones (excluding diaryl/α,β-unsaturated/α-hetero) is 3. The maximum atomic E-state index is 13.1. The Balaban J connectivity index is -0.000000528. The molecular weight excluding hydrogens is 840 g/mol. The minimum absolute atomic E-state index is 0. The van der Waals surface area contributed by atoms with Crippen LogP contribution in [0.1, 0.15) is 201 Å². The molecule has 0 unspecified atom stereocenters. The average Bonchev–Trinajstić information content (AvgIpc) is 3.15. The third-order valence-electron chi connectivity index (χ3n) is 10.7. The Bertz CT molecular complexity index is 1030. The molecule has 1 aromatic carbocycles. The lowest BCUT2D eigenvalue weighted by atomic mass is 9.79. The van der Waals surface area contributed by atoms with Crippen molar-refractivity contribution in [2.75, 3.05) is 19.6 Å². The number of nitrogens with zero attached hydrogens (tertiary/aromatic N) is 1. The van der Waals surface area contributed by atoms with E-state index < -0.39 is 13.4 Å². The first kappa shape index (κ1) is 61.6. The Kier molecular flexibility index (Phi) is 43.4. The normalized spacial score (nSPS) is 11.2. The molecule has 56 heavy (non-hydrogen) atoms. The van der Waals surface area contributed by atoms with Crippen LogP contribution in [0.25, 0.3) is 0 Å². The standard InChI is InChI=1S/C31H59NO3.C13H22N.HI.H3N.H3O4P/c1-4-7-10-13-16-19-22-25-28(33)31(32,29(34)26-23-20-17-14-11-8-5-2)30(35)27-24-21-18-15-12-9-6-3;1-4-14(5-2,6-3)12-13-10-8-7-9-11-13;;;1-5(2,3)4/h4-27,32H2,1-3H3;7-11H,4-6,12H2,1-3H3;1H;1H3;(H3,1,2,3,4)/q;+1;;;/p-1. The molecule has 0 aromatic heterocycles. The van der Waals surface area contributed by atoms with Gasteiger partial charge in [-0.15, -0.1) is 24.0 Å². The van der Waals surface area contributed by atoms with Crippen molar-refractivity contribution in [3.63, 3.8) is 0 Å². The molecule has 0 radical (unpaired) electrons. The molecule has 0 spiro atoms. The number of unbranched alkanes of at least 4 members (excludes halogenated alkanes) is 18. The fourth-order valence-electron chi connectivity index (χ4n) is 6.76. The summed E-state index contributed by atoms with van der Waals surface area (Å²) in [5.74, 6) is -1.02. The van der Waals surface area contributed by atoms with Gasteiger partial charge in [0.05, 0.1) is 19.6 Å². The fraction of sp³-hybridized carbons (Fsp3) is 0.795. The smallest absolute Gasteiger partial charge is 0.262 e. The molecule has 332 valence electrons. The molecule has 0 fully saturated rings. The minimum atomic E-state index is -4.89. The number of nitrogens with two attached hydrogens (primary N) is 1. The van der Waals surface area contributed by atoms with Crippen LogP contribution in [0.2, 0.25) is 0 Å². The van der Waals surface area contributed by atoms with Gasteiger partial charge in [0.2, 0.25) is 0 Å². The van der Waals surface area contributed by atoms with Gasteiger partial charge in [-0.25, -0.2) is 0 Å². The summed E-state index contributed by atoms with van der Waals surface area (Å²) < 4.78 is 9.97. The molecule has 0 amide bonds. The second kappa shape index (κ2) is 39.4. The van der Waals surface area contributed by atoms with Crippen molar-refractivity contribution in [1.82, 2.24) is 6.15 Å². The van der Waals surface area contributed by atoms with Crippen molar-refractivity contribution in [2.24, 2.45) is 5.73 Å².